The lowest BCUT2D eigenvalue weighted by Crippen LogP contribution is -2.40. The summed E-state index contributed by atoms with van der Waals surface area (Å²) in [4.78, 5) is 42.0. The van der Waals surface area contributed by atoms with Crippen LogP contribution in [0.2, 0.25) is 0 Å². The summed E-state index contributed by atoms with van der Waals surface area (Å²) < 4.78 is 12.4. The third kappa shape index (κ3) is 7.37. The molecule has 0 spiro atoms. The average Bonchev–Trinajstić information content (AvgIpc) is 3.76. The van der Waals surface area contributed by atoms with Gasteiger partial charge in [-0.25, -0.2) is 4.79 Å². The van der Waals surface area contributed by atoms with Crippen LogP contribution in [-0.2, 0) is 16.8 Å². The van der Waals surface area contributed by atoms with Crippen LogP contribution in [0.3, 0.4) is 0 Å². The fourth-order valence-electron chi connectivity index (χ4n) is 5.40. The Hall–Kier alpha value is -4.44. The first-order valence-electron chi connectivity index (χ1n) is 15.5. The number of ether oxygens (including phenoxy) is 1. The number of carbonyl (C=O) groups is 3. The van der Waals surface area contributed by atoms with Gasteiger partial charge in [-0.05, 0) is 69.5 Å². The molecule has 1 saturated heterocycles. The summed E-state index contributed by atoms with van der Waals surface area (Å²) >= 11 is 0. The molecular weight excluding hydrogens is 558 g/mol. The van der Waals surface area contributed by atoms with Crippen LogP contribution in [0.1, 0.15) is 91.3 Å². The summed E-state index contributed by atoms with van der Waals surface area (Å²) in [6.07, 6.45) is 5.52. The number of fused-ring (bicyclic) bond motifs is 1. The minimum absolute atomic E-state index is 0.0207. The van der Waals surface area contributed by atoms with Crippen molar-refractivity contribution in [1.29, 1.82) is 0 Å². The third-order valence-electron chi connectivity index (χ3n) is 7.95. The van der Waals surface area contributed by atoms with E-state index in [1.807, 2.05) is 56.3 Å². The second-order valence-corrected chi connectivity index (χ2v) is 11.8. The molecule has 1 aliphatic heterocycles. The highest BCUT2D eigenvalue weighted by Gasteiger charge is 2.28. The van der Waals surface area contributed by atoms with Crippen LogP contribution in [0.4, 0.5) is 10.6 Å². The number of rotatable bonds is 12. The van der Waals surface area contributed by atoms with Gasteiger partial charge < -0.3 is 19.8 Å². The monoisotopic (exact) mass is 599 g/mol. The molecule has 232 valence electrons. The van der Waals surface area contributed by atoms with Crippen molar-refractivity contribution in [3.8, 4) is 0 Å². The number of furan rings is 1. The summed E-state index contributed by atoms with van der Waals surface area (Å²) in [5.74, 6) is -0.881. The van der Waals surface area contributed by atoms with Crippen molar-refractivity contribution in [3.63, 3.8) is 0 Å². The number of hydrogen-bond donors (Lipinski definition) is 2. The van der Waals surface area contributed by atoms with E-state index >= 15 is 0 Å². The second kappa shape index (κ2) is 13.9. The molecule has 0 unspecified atom stereocenters. The van der Waals surface area contributed by atoms with Crippen molar-refractivity contribution in [1.82, 2.24) is 20.0 Å². The van der Waals surface area contributed by atoms with Crippen LogP contribution in [0.25, 0.3) is 11.1 Å². The molecule has 0 atom stereocenters. The second-order valence-electron chi connectivity index (χ2n) is 11.8. The highest BCUT2D eigenvalue weighted by molar-refractivity contribution is 6.08. The zero-order chi connectivity index (χ0) is 31.1. The molecule has 4 aromatic rings. The van der Waals surface area contributed by atoms with E-state index in [9.17, 15) is 14.4 Å². The predicted molar refractivity (Wildman–Crippen MR) is 169 cm³/mol. The van der Waals surface area contributed by atoms with Crippen LogP contribution in [-0.4, -0.2) is 52.3 Å². The normalized spacial score (nSPS) is 13.7. The van der Waals surface area contributed by atoms with E-state index in [4.69, 9.17) is 9.15 Å². The van der Waals surface area contributed by atoms with Crippen molar-refractivity contribution < 1.29 is 23.5 Å². The smallest absolute Gasteiger partial charge is 0.435 e. The minimum Gasteiger partial charge on any atom is -0.448 e. The van der Waals surface area contributed by atoms with E-state index in [2.05, 4.69) is 27.6 Å². The van der Waals surface area contributed by atoms with Crippen molar-refractivity contribution in [3.05, 3.63) is 83.1 Å². The van der Waals surface area contributed by atoms with Gasteiger partial charge in [0, 0.05) is 18.2 Å². The lowest BCUT2D eigenvalue weighted by Gasteiger charge is -2.26. The Bertz CT molecular complexity index is 1580. The Morgan fingerprint density at radius 2 is 1.68 bits per heavy atom. The first kappa shape index (κ1) is 31.0. The minimum atomic E-state index is -0.712. The first-order valence-corrected chi connectivity index (χ1v) is 15.5. The van der Waals surface area contributed by atoms with Gasteiger partial charge in [0.25, 0.3) is 11.8 Å². The third-order valence-corrected chi connectivity index (χ3v) is 7.95. The summed E-state index contributed by atoms with van der Waals surface area (Å²) in [5, 5.41) is 10.1. The highest BCUT2D eigenvalue weighted by Crippen LogP contribution is 2.29. The zero-order valence-electron chi connectivity index (χ0n) is 25.7. The number of aromatic nitrogens is 2. The molecule has 10 nitrogen and oxygen atoms in total. The van der Waals surface area contributed by atoms with E-state index in [1.54, 1.807) is 12.1 Å². The maximum atomic E-state index is 13.3. The van der Waals surface area contributed by atoms with Crippen LogP contribution in [0, 0.1) is 0 Å². The van der Waals surface area contributed by atoms with Crippen molar-refractivity contribution in [2.45, 2.75) is 71.4 Å². The largest absolute Gasteiger partial charge is 0.448 e. The lowest BCUT2D eigenvalue weighted by molar-refractivity contribution is 0.0885. The molecule has 44 heavy (non-hydrogen) atoms. The Balaban J connectivity index is 1.37. The molecular formula is C34H41N5O5. The number of benzene rings is 2. The van der Waals surface area contributed by atoms with Gasteiger partial charge in [-0.15, -0.1) is 5.10 Å². The van der Waals surface area contributed by atoms with Gasteiger partial charge in [0.15, 0.2) is 17.2 Å². The lowest BCUT2D eigenvalue weighted by atomic mass is 9.94. The summed E-state index contributed by atoms with van der Waals surface area (Å²) in [6.45, 7) is 9.17. The van der Waals surface area contributed by atoms with Crippen LogP contribution >= 0.6 is 0 Å². The first-order chi connectivity index (χ1) is 21.2. The standard InChI is InChI=1S/C34H41N5O5/c1-4-5-6-12-21-43-33(42)39-27-22-28(32(41)36-34(2,3)26-13-8-7-9-14-26)44-29(27)30(37-39)35-31(40)25-17-15-24(16-18-25)23-38-19-10-11-20-38/h7-9,13-18,22H,4-6,10-12,19-21,23H2,1-3H3,(H,36,41)(H,35,37,40). The molecule has 5 rings (SSSR count). The van der Waals surface area contributed by atoms with Crippen LogP contribution in [0.5, 0.6) is 0 Å². The van der Waals surface area contributed by atoms with Gasteiger partial charge in [0.05, 0.1) is 12.1 Å². The summed E-state index contributed by atoms with van der Waals surface area (Å²) in [5.41, 5.74) is 2.12. The van der Waals surface area contributed by atoms with E-state index in [0.717, 1.165) is 61.1 Å². The maximum absolute atomic E-state index is 13.3. The molecule has 0 saturated carbocycles. The number of carbonyl (C=O) groups excluding carboxylic acids is 3. The topological polar surface area (TPSA) is 119 Å². The van der Waals surface area contributed by atoms with E-state index in [-0.39, 0.29) is 29.3 Å². The number of anilines is 1. The van der Waals surface area contributed by atoms with Gasteiger partial charge in [0.1, 0.15) is 5.52 Å². The number of likely N-dealkylation sites (tertiary alicyclic amines) is 1. The summed E-state index contributed by atoms with van der Waals surface area (Å²) in [6, 6.07) is 18.5. The van der Waals surface area contributed by atoms with Gasteiger partial charge >= 0.3 is 6.09 Å². The fraction of sp³-hybridized carbons (Fsp3) is 0.412. The zero-order valence-corrected chi connectivity index (χ0v) is 25.7. The number of nitrogens with one attached hydrogen (secondary N) is 2. The molecule has 0 radical (unpaired) electrons. The van der Waals surface area contributed by atoms with Crippen molar-refractivity contribution in [2.75, 3.05) is 25.0 Å². The van der Waals surface area contributed by atoms with Crippen LogP contribution in [0.15, 0.2) is 65.1 Å². The summed E-state index contributed by atoms with van der Waals surface area (Å²) in [7, 11) is 0. The SMILES string of the molecule is CCCCCCOC(=O)n1nc(NC(=O)c2ccc(CN3CCCC3)cc2)c2oc(C(=O)NC(C)(C)c3ccccc3)cc21. The van der Waals surface area contributed by atoms with Gasteiger partial charge in [0.2, 0.25) is 0 Å². The van der Waals surface area contributed by atoms with E-state index in [0.29, 0.717) is 5.56 Å². The number of amides is 2. The molecule has 1 aliphatic rings. The quantitative estimate of drug-likeness (QED) is 0.174. The fourth-order valence-corrected chi connectivity index (χ4v) is 5.40. The molecule has 10 heteroatoms. The van der Waals surface area contributed by atoms with Crippen molar-refractivity contribution in [2.24, 2.45) is 0 Å². The molecule has 2 aromatic heterocycles. The van der Waals surface area contributed by atoms with Gasteiger partial charge in [-0.1, -0.05) is 68.7 Å². The molecule has 2 aromatic carbocycles. The Morgan fingerprint density at radius 1 is 0.955 bits per heavy atom. The Kier molecular flexibility index (Phi) is 9.79. The number of unbranched alkanes of at least 4 members (excludes halogenated alkanes) is 3. The van der Waals surface area contributed by atoms with Gasteiger partial charge in [-0.3, -0.25) is 14.5 Å². The number of nitrogens with zero attached hydrogens (tertiary/aromatic N) is 3. The maximum Gasteiger partial charge on any atom is 0.435 e. The van der Waals surface area contributed by atoms with Crippen LogP contribution < -0.4 is 10.6 Å². The Morgan fingerprint density at radius 3 is 2.39 bits per heavy atom. The van der Waals surface area contributed by atoms with Gasteiger partial charge in [-0.2, -0.15) is 4.68 Å². The number of hydrogen-bond acceptors (Lipinski definition) is 7. The molecule has 2 N–H and O–H groups in total. The molecule has 0 aliphatic carbocycles. The average molecular weight is 600 g/mol. The highest BCUT2D eigenvalue weighted by atomic mass is 16.6. The predicted octanol–water partition coefficient (Wildman–Crippen LogP) is 6.71. The van der Waals surface area contributed by atoms with E-state index in [1.165, 1.54) is 18.9 Å². The molecule has 0 bridgehead atoms. The molecule has 3 heterocycles. The Labute approximate surface area is 257 Å². The van der Waals surface area contributed by atoms with Crippen molar-refractivity contribution >= 4 is 34.8 Å². The molecule has 1 fully saturated rings. The molecule has 2 amide bonds. The van der Waals surface area contributed by atoms with E-state index < -0.39 is 23.4 Å².